The smallest absolute Gasteiger partial charge is 0.253 e. The normalized spacial score (nSPS) is 18.1. The molecule has 0 saturated carbocycles. The van der Waals surface area contributed by atoms with Gasteiger partial charge in [-0.1, -0.05) is 0 Å². The van der Waals surface area contributed by atoms with Crippen molar-refractivity contribution in [2.45, 2.75) is 6.42 Å². The van der Waals surface area contributed by atoms with E-state index in [1.165, 1.54) is 4.90 Å². The number of anilines is 1. The molecule has 5 nitrogen and oxygen atoms in total. The molecule has 1 aliphatic rings. The molecule has 1 saturated heterocycles. The fourth-order valence-corrected chi connectivity index (χ4v) is 2.08. The maximum atomic E-state index is 11.9. The minimum Gasteiger partial charge on any atom is -0.345 e. The van der Waals surface area contributed by atoms with Crippen LogP contribution in [0.5, 0.6) is 0 Å². The van der Waals surface area contributed by atoms with Crippen LogP contribution in [0.3, 0.4) is 0 Å². The highest BCUT2D eigenvalue weighted by molar-refractivity contribution is 5.96. The standard InChI is InChI=1S/C14H19N3O2/c1-17(2)14(19)10-3-5-12(6-4-10)16-13(18)11-7-8-15-9-11/h3-6,11,15H,7-9H2,1-2H3,(H,16,18). The van der Waals surface area contributed by atoms with Crippen LogP contribution >= 0.6 is 0 Å². The monoisotopic (exact) mass is 261 g/mol. The predicted octanol–water partition coefficient (Wildman–Crippen LogP) is 0.936. The third-order valence-corrected chi connectivity index (χ3v) is 3.24. The fraction of sp³-hybridized carbons (Fsp3) is 0.429. The zero-order valence-electron chi connectivity index (χ0n) is 11.3. The number of carbonyl (C=O) groups excluding carboxylic acids is 2. The van der Waals surface area contributed by atoms with Crippen LogP contribution in [0.15, 0.2) is 24.3 Å². The van der Waals surface area contributed by atoms with Gasteiger partial charge in [0.1, 0.15) is 0 Å². The van der Waals surface area contributed by atoms with Gasteiger partial charge in [-0.2, -0.15) is 0 Å². The van der Waals surface area contributed by atoms with Crippen LogP contribution in [0, 0.1) is 5.92 Å². The SMILES string of the molecule is CN(C)C(=O)c1ccc(NC(=O)C2CCNC2)cc1. The Bertz CT molecular complexity index is 462. The van der Waals surface area contributed by atoms with Crippen LogP contribution < -0.4 is 10.6 Å². The Balaban J connectivity index is 1.98. The Morgan fingerprint density at radius 2 is 1.95 bits per heavy atom. The largest absolute Gasteiger partial charge is 0.345 e. The van der Waals surface area contributed by atoms with Crippen LogP contribution in [0.2, 0.25) is 0 Å². The number of benzene rings is 1. The summed E-state index contributed by atoms with van der Waals surface area (Å²) in [6, 6.07) is 6.98. The van der Waals surface area contributed by atoms with Crippen molar-refractivity contribution in [3.63, 3.8) is 0 Å². The van der Waals surface area contributed by atoms with Crippen molar-refractivity contribution in [1.82, 2.24) is 10.2 Å². The molecule has 1 aromatic rings. The third-order valence-electron chi connectivity index (χ3n) is 3.24. The Hall–Kier alpha value is -1.88. The van der Waals surface area contributed by atoms with E-state index in [9.17, 15) is 9.59 Å². The number of nitrogens with one attached hydrogen (secondary N) is 2. The van der Waals surface area contributed by atoms with Crippen LogP contribution in [0.25, 0.3) is 0 Å². The van der Waals surface area contributed by atoms with Gasteiger partial charge in [-0.3, -0.25) is 9.59 Å². The zero-order valence-corrected chi connectivity index (χ0v) is 11.3. The van der Waals surface area contributed by atoms with Crippen molar-refractivity contribution in [1.29, 1.82) is 0 Å². The number of carbonyl (C=O) groups is 2. The molecule has 0 aromatic heterocycles. The third kappa shape index (κ3) is 3.32. The minimum atomic E-state index is -0.0436. The van der Waals surface area contributed by atoms with E-state index in [2.05, 4.69) is 10.6 Å². The summed E-state index contributed by atoms with van der Waals surface area (Å²) < 4.78 is 0. The van der Waals surface area contributed by atoms with E-state index in [4.69, 9.17) is 0 Å². The molecule has 2 rings (SSSR count). The summed E-state index contributed by atoms with van der Waals surface area (Å²) >= 11 is 0. The lowest BCUT2D eigenvalue weighted by Crippen LogP contribution is -2.25. The molecule has 0 radical (unpaired) electrons. The highest BCUT2D eigenvalue weighted by atomic mass is 16.2. The second-order valence-electron chi connectivity index (χ2n) is 4.96. The quantitative estimate of drug-likeness (QED) is 0.851. The molecule has 1 heterocycles. The minimum absolute atomic E-state index is 0.0386. The van der Waals surface area contributed by atoms with Gasteiger partial charge >= 0.3 is 0 Å². The molecule has 1 aromatic carbocycles. The van der Waals surface area contributed by atoms with Crippen LogP contribution in [-0.4, -0.2) is 43.9 Å². The number of hydrogen-bond donors (Lipinski definition) is 2. The first kappa shape index (κ1) is 13.5. The molecule has 5 heteroatoms. The fourth-order valence-electron chi connectivity index (χ4n) is 2.08. The molecular weight excluding hydrogens is 242 g/mol. The van der Waals surface area contributed by atoms with Crippen molar-refractivity contribution in [2.24, 2.45) is 5.92 Å². The summed E-state index contributed by atoms with van der Waals surface area (Å²) in [6.07, 6.45) is 0.878. The number of nitrogens with zero attached hydrogens (tertiary/aromatic N) is 1. The number of amides is 2. The molecule has 0 bridgehead atoms. The summed E-state index contributed by atoms with van der Waals surface area (Å²) in [4.78, 5) is 25.2. The Morgan fingerprint density at radius 1 is 1.26 bits per heavy atom. The van der Waals surface area contributed by atoms with Crippen LogP contribution in [0.1, 0.15) is 16.8 Å². The Morgan fingerprint density at radius 3 is 2.47 bits per heavy atom. The van der Waals surface area contributed by atoms with E-state index in [0.717, 1.165) is 25.2 Å². The van der Waals surface area contributed by atoms with E-state index in [0.29, 0.717) is 5.56 Å². The van der Waals surface area contributed by atoms with Gasteiger partial charge in [0, 0.05) is 31.9 Å². The van der Waals surface area contributed by atoms with E-state index in [1.807, 2.05) is 0 Å². The molecule has 19 heavy (non-hydrogen) atoms. The van der Waals surface area contributed by atoms with Crippen molar-refractivity contribution >= 4 is 17.5 Å². The van der Waals surface area contributed by atoms with E-state index in [-0.39, 0.29) is 17.7 Å². The second kappa shape index (κ2) is 5.84. The maximum Gasteiger partial charge on any atom is 0.253 e. The first-order valence-corrected chi connectivity index (χ1v) is 6.41. The summed E-state index contributed by atoms with van der Waals surface area (Å²) in [5.74, 6) is 0.0395. The van der Waals surface area contributed by atoms with Crippen molar-refractivity contribution in [2.75, 3.05) is 32.5 Å². The first-order chi connectivity index (χ1) is 9.08. The van der Waals surface area contributed by atoms with Crippen molar-refractivity contribution < 1.29 is 9.59 Å². The average Bonchev–Trinajstić information content (AvgIpc) is 2.92. The van der Waals surface area contributed by atoms with Crippen molar-refractivity contribution in [3.8, 4) is 0 Å². The molecule has 1 unspecified atom stereocenters. The van der Waals surface area contributed by atoms with Crippen LogP contribution in [-0.2, 0) is 4.79 Å². The molecule has 2 N–H and O–H groups in total. The lowest BCUT2D eigenvalue weighted by molar-refractivity contribution is -0.119. The number of hydrogen-bond acceptors (Lipinski definition) is 3. The highest BCUT2D eigenvalue weighted by Crippen LogP contribution is 2.14. The summed E-state index contributed by atoms with van der Waals surface area (Å²) in [5, 5.41) is 6.04. The lowest BCUT2D eigenvalue weighted by atomic mass is 10.1. The molecule has 102 valence electrons. The van der Waals surface area contributed by atoms with Gasteiger partial charge in [0.05, 0.1) is 5.92 Å². The molecule has 1 aliphatic heterocycles. The topological polar surface area (TPSA) is 61.4 Å². The van der Waals surface area contributed by atoms with Gasteiger partial charge < -0.3 is 15.5 Å². The molecule has 0 aliphatic carbocycles. The summed E-state index contributed by atoms with van der Waals surface area (Å²) in [6.45, 7) is 1.64. The van der Waals surface area contributed by atoms with Gasteiger partial charge in [-0.15, -0.1) is 0 Å². The van der Waals surface area contributed by atoms with Gasteiger partial charge in [-0.05, 0) is 37.2 Å². The lowest BCUT2D eigenvalue weighted by Gasteiger charge is -2.12. The maximum absolute atomic E-state index is 11.9. The van der Waals surface area contributed by atoms with E-state index < -0.39 is 0 Å². The molecule has 1 fully saturated rings. The molecule has 1 atom stereocenters. The molecule has 2 amide bonds. The molecular formula is C14H19N3O2. The summed E-state index contributed by atoms with van der Waals surface area (Å²) in [7, 11) is 3.43. The predicted molar refractivity (Wildman–Crippen MR) is 74.1 cm³/mol. The Labute approximate surface area is 113 Å². The average molecular weight is 261 g/mol. The summed E-state index contributed by atoms with van der Waals surface area (Å²) in [5.41, 5.74) is 1.35. The van der Waals surface area contributed by atoms with Gasteiger partial charge in [0.15, 0.2) is 0 Å². The van der Waals surface area contributed by atoms with Gasteiger partial charge in [-0.25, -0.2) is 0 Å². The van der Waals surface area contributed by atoms with E-state index >= 15 is 0 Å². The number of rotatable bonds is 3. The zero-order chi connectivity index (χ0) is 13.8. The highest BCUT2D eigenvalue weighted by Gasteiger charge is 2.22. The van der Waals surface area contributed by atoms with Gasteiger partial charge in [0.2, 0.25) is 5.91 Å². The Kier molecular flexibility index (Phi) is 4.16. The van der Waals surface area contributed by atoms with E-state index in [1.54, 1.807) is 38.4 Å². The van der Waals surface area contributed by atoms with Gasteiger partial charge in [0.25, 0.3) is 5.91 Å². The van der Waals surface area contributed by atoms with Crippen molar-refractivity contribution in [3.05, 3.63) is 29.8 Å². The second-order valence-corrected chi connectivity index (χ2v) is 4.96. The van der Waals surface area contributed by atoms with Crippen LogP contribution in [0.4, 0.5) is 5.69 Å². The molecule has 0 spiro atoms. The first-order valence-electron chi connectivity index (χ1n) is 6.41.